The van der Waals surface area contributed by atoms with Gasteiger partial charge in [-0.1, -0.05) is 27.7 Å². The van der Waals surface area contributed by atoms with Gasteiger partial charge in [-0.3, -0.25) is 4.98 Å². The zero-order valence-corrected chi connectivity index (χ0v) is 14.3. The molecule has 0 radical (unpaired) electrons. The Bertz CT molecular complexity index is 918. The molecule has 0 unspecified atom stereocenters. The number of benzene rings is 1. The highest BCUT2D eigenvalue weighted by Crippen LogP contribution is 2.41. The Morgan fingerprint density at radius 3 is 2.78 bits per heavy atom. The van der Waals surface area contributed by atoms with Crippen LogP contribution in [0.25, 0.3) is 21.8 Å². The quantitative estimate of drug-likeness (QED) is 0.632. The van der Waals surface area contributed by atoms with E-state index in [4.69, 9.17) is 4.98 Å². The third kappa shape index (κ3) is 2.25. The van der Waals surface area contributed by atoms with Crippen LogP contribution < -0.4 is 0 Å². The molecule has 0 bridgehead atoms. The van der Waals surface area contributed by atoms with Crippen LogP contribution in [0, 0.1) is 11.2 Å². The molecule has 23 heavy (non-hydrogen) atoms. The molecule has 0 saturated heterocycles. The van der Waals surface area contributed by atoms with Crippen molar-refractivity contribution >= 4 is 21.8 Å². The normalized spacial score (nSPS) is 17.1. The van der Waals surface area contributed by atoms with E-state index in [1.54, 1.807) is 6.07 Å². The van der Waals surface area contributed by atoms with Gasteiger partial charge in [0.15, 0.2) is 0 Å². The highest BCUT2D eigenvalue weighted by Gasteiger charge is 2.30. The Hall–Kier alpha value is -1.90. The number of pyridine rings is 1. The topological polar surface area (TPSA) is 28.7 Å². The van der Waals surface area contributed by atoms with Crippen LogP contribution >= 0.6 is 0 Å². The van der Waals surface area contributed by atoms with Gasteiger partial charge in [0.2, 0.25) is 0 Å². The third-order valence-electron chi connectivity index (χ3n) is 5.17. The van der Waals surface area contributed by atoms with Crippen LogP contribution in [0.3, 0.4) is 0 Å². The molecule has 2 aromatic heterocycles. The molecule has 3 heteroatoms. The van der Waals surface area contributed by atoms with Crippen LogP contribution in [0.15, 0.2) is 18.2 Å². The molecule has 1 aliphatic rings. The van der Waals surface area contributed by atoms with Gasteiger partial charge >= 0.3 is 0 Å². The van der Waals surface area contributed by atoms with Crippen LogP contribution in [-0.4, -0.2) is 9.97 Å². The van der Waals surface area contributed by atoms with Crippen LogP contribution in [0.4, 0.5) is 4.39 Å². The van der Waals surface area contributed by atoms with Gasteiger partial charge in [0.05, 0.1) is 11.2 Å². The highest BCUT2D eigenvalue weighted by molar-refractivity contribution is 6.10. The molecule has 4 rings (SSSR count). The summed E-state index contributed by atoms with van der Waals surface area (Å²) in [6.45, 7) is 8.97. The van der Waals surface area contributed by atoms with Gasteiger partial charge in [0, 0.05) is 22.0 Å². The number of hydrogen-bond donors (Lipinski definition) is 1. The van der Waals surface area contributed by atoms with Gasteiger partial charge in [-0.05, 0) is 54.4 Å². The second-order valence-corrected chi connectivity index (χ2v) is 7.98. The second-order valence-electron chi connectivity index (χ2n) is 7.98. The van der Waals surface area contributed by atoms with Crippen molar-refractivity contribution in [2.45, 2.75) is 52.9 Å². The van der Waals surface area contributed by atoms with E-state index in [-0.39, 0.29) is 5.82 Å². The SMILES string of the molecule is CC(C)c1nc2c(c3c1[nH]c1ccc(F)cc13)CCC(C)(C)C2. The fraction of sp³-hybridized carbons (Fsp3) is 0.450. The minimum absolute atomic E-state index is 0.175. The molecule has 120 valence electrons. The number of H-pyrrole nitrogens is 1. The predicted octanol–water partition coefficient (Wildman–Crippen LogP) is 5.49. The number of aromatic amines is 1. The van der Waals surface area contributed by atoms with Crippen molar-refractivity contribution in [3.63, 3.8) is 0 Å². The van der Waals surface area contributed by atoms with Gasteiger partial charge in [-0.2, -0.15) is 0 Å². The van der Waals surface area contributed by atoms with E-state index < -0.39 is 0 Å². The number of nitrogens with one attached hydrogen (secondary N) is 1. The molecule has 2 nitrogen and oxygen atoms in total. The fourth-order valence-corrected chi connectivity index (χ4v) is 3.92. The number of aryl methyl sites for hydroxylation is 1. The maximum absolute atomic E-state index is 13.8. The highest BCUT2D eigenvalue weighted by atomic mass is 19.1. The Labute approximate surface area is 136 Å². The van der Waals surface area contributed by atoms with Crippen molar-refractivity contribution in [2.75, 3.05) is 0 Å². The van der Waals surface area contributed by atoms with Crippen LogP contribution in [-0.2, 0) is 12.8 Å². The lowest BCUT2D eigenvalue weighted by atomic mass is 9.75. The zero-order chi connectivity index (χ0) is 16.4. The summed E-state index contributed by atoms with van der Waals surface area (Å²) >= 11 is 0. The number of aromatic nitrogens is 2. The average Bonchev–Trinajstić information content (AvgIpc) is 2.83. The minimum atomic E-state index is -0.175. The van der Waals surface area contributed by atoms with Crippen molar-refractivity contribution in [1.82, 2.24) is 9.97 Å². The summed E-state index contributed by atoms with van der Waals surface area (Å²) in [6, 6.07) is 5.03. The van der Waals surface area contributed by atoms with E-state index in [0.29, 0.717) is 11.3 Å². The number of nitrogens with zero attached hydrogens (tertiary/aromatic N) is 1. The third-order valence-corrected chi connectivity index (χ3v) is 5.17. The Morgan fingerprint density at radius 2 is 2.04 bits per heavy atom. The maximum atomic E-state index is 13.8. The molecule has 0 atom stereocenters. The summed E-state index contributed by atoms with van der Waals surface area (Å²) in [5.41, 5.74) is 6.03. The molecular weight excluding hydrogens is 287 g/mol. The average molecular weight is 310 g/mol. The molecule has 1 aliphatic carbocycles. The number of halogens is 1. The predicted molar refractivity (Wildman–Crippen MR) is 93.5 cm³/mol. The summed E-state index contributed by atoms with van der Waals surface area (Å²) in [5, 5.41) is 2.20. The molecule has 0 aliphatic heterocycles. The van der Waals surface area contributed by atoms with Gasteiger partial charge in [-0.15, -0.1) is 0 Å². The van der Waals surface area contributed by atoms with Crippen molar-refractivity contribution in [3.05, 3.63) is 41.0 Å². The van der Waals surface area contributed by atoms with Gasteiger partial charge < -0.3 is 4.98 Å². The zero-order valence-electron chi connectivity index (χ0n) is 14.3. The van der Waals surface area contributed by atoms with Crippen molar-refractivity contribution in [1.29, 1.82) is 0 Å². The van der Waals surface area contributed by atoms with Crippen molar-refractivity contribution < 1.29 is 4.39 Å². The van der Waals surface area contributed by atoms with E-state index in [9.17, 15) is 4.39 Å². The van der Waals surface area contributed by atoms with Crippen molar-refractivity contribution in [2.24, 2.45) is 5.41 Å². The van der Waals surface area contributed by atoms with Gasteiger partial charge in [0.25, 0.3) is 0 Å². The lowest BCUT2D eigenvalue weighted by Crippen LogP contribution is -2.24. The minimum Gasteiger partial charge on any atom is -0.353 e. The Balaban J connectivity index is 2.13. The summed E-state index contributed by atoms with van der Waals surface area (Å²) in [7, 11) is 0. The van der Waals surface area contributed by atoms with Gasteiger partial charge in [-0.25, -0.2) is 4.39 Å². The number of rotatable bonds is 1. The molecule has 2 heterocycles. The Morgan fingerprint density at radius 1 is 1.26 bits per heavy atom. The molecule has 1 aromatic carbocycles. The van der Waals surface area contributed by atoms with Crippen LogP contribution in [0.2, 0.25) is 0 Å². The first-order valence-electron chi connectivity index (χ1n) is 8.48. The molecule has 0 fully saturated rings. The van der Waals surface area contributed by atoms with E-state index in [0.717, 1.165) is 41.4 Å². The summed E-state index contributed by atoms with van der Waals surface area (Å²) in [4.78, 5) is 8.53. The summed E-state index contributed by atoms with van der Waals surface area (Å²) in [6.07, 6.45) is 3.17. The maximum Gasteiger partial charge on any atom is 0.123 e. The van der Waals surface area contributed by atoms with Crippen LogP contribution in [0.1, 0.15) is 57.0 Å². The second kappa shape index (κ2) is 4.80. The van der Waals surface area contributed by atoms with E-state index in [1.165, 1.54) is 22.7 Å². The smallest absolute Gasteiger partial charge is 0.123 e. The summed E-state index contributed by atoms with van der Waals surface area (Å²) in [5.74, 6) is 0.164. The lowest BCUT2D eigenvalue weighted by molar-refractivity contribution is 0.311. The van der Waals surface area contributed by atoms with E-state index in [1.807, 2.05) is 6.07 Å². The Kier molecular flexibility index (Phi) is 3.06. The molecule has 0 saturated carbocycles. The first kappa shape index (κ1) is 14.7. The number of fused-ring (bicyclic) bond motifs is 5. The molecule has 0 amide bonds. The molecular formula is C20H23FN2. The number of hydrogen-bond acceptors (Lipinski definition) is 1. The lowest BCUT2D eigenvalue weighted by Gasteiger charge is -2.31. The largest absolute Gasteiger partial charge is 0.353 e. The van der Waals surface area contributed by atoms with Gasteiger partial charge in [0.1, 0.15) is 5.82 Å². The van der Waals surface area contributed by atoms with E-state index >= 15 is 0 Å². The van der Waals surface area contributed by atoms with E-state index in [2.05, 4.69) is 32.7 Å². The first-order valence-corrected chi connectivity index (χ1v) is 8.48. The molecule has 0 spiro atoms. The molecule has 3 aromatic rings. The van der Waals surface area contributed by atoms with Crippen molar-refractivity contribution in [3.8, 4) is 0 Å². The van der Waals surface area contributed by atoms with Crippen LogP contribution in [0.5, 0.6) is 0 Å². The summed E-state index contributed by atoms with van der Waals surface area (Å²) < 4.78 is 13.8. The first-order chi connectivity index (χ1) is 10.9. The monoisotopic (exact) mass is 310 g/mol. The standard InChI is InChI=1S/C20H23FN2/c1-11(2)18-19-17(14-9-12(21)5-6-15(14)22-19)13-7-8-20(3,4)10-16(13)23-18/h5-6,9,11,22H,7-8,10H2,1-4H3. The fourth-order valence-electron chi connectivity index (χ4n) is 3.92. The molecule has 1 N–H and O–H groups in total.